The third kappa shape index (κ3) is 5.87. The van der Waals surface area contributed by atoms with Crippen LogP contribution in [0.2, 0.25) is 0 Å². The summed E-state index contributed by atoms with van der Waals surface area (Å²) in [6.07, 6.45) is 2.22. The number of carbonyl (C=O) groups excluding carboxylic acids is 2. The SMILES string of the molecule is CC(C)Cn1nccc1NC(=O)CCNC(=O)Cc1ccccc1. The maximum Gasteiger partial charge on any atom is 0.227 e. The van der Waals surface area contributed by atoms with Gasteiger partial charge >= 0.3 is 0 Å². The van der Waals surface area contributed by atoms with E-state index in [0.717, 1.165) is 12.1 Å². The van der Waals surface area contributed by atoms with Gasteiger partial charge < -0.3 is 10.6 Å². The molecule has 0 unspecified atom stereocenters. The van der Waals surface area contributed by atoms with Gasteiger partial charge in [-0.1, -0.05) is 44.2 Å². The lowest BCUT2D eigenvalue weighted by atomic mass is 10.1. The lowest BCUT2D eigenvalue weighted by Crippen LogP contribution is -2.29. The molecule has 0 aliphatic rings. The van der Waals surface area contributed by atoms with Gasteiger partial charge in [0.15, 0.2) is 0 Å². The predicted octanol–water partition coefficient (Wildman–Crippen LogP) is 2.23. The molecule has 6 heteroatoms. The van der Waals surface area contributed by atoms with E-state index in [1.54, 1.807) is 16.9 Å². The maximum atomic E-state index is 12.0. The number of rotatable bonds is 8. The minimum Gasteiger partial charge on any atom is -0.355 e. The van der Waals surface area contributed by atoms with Crippen LogP contribution in [0.4, 0.5) is 5.82 Å². The fraction of sp³-hybridized carbons (Fsp3) is 0.389. The highest BCUT2D eigenvalue weighted by Gasteiger charge is 2.09. The Morgan fingerprint density at radius 1 is 1.12 bits per heavy atom. The molecule has 0 bridgehead atoms. The molecule has 0 saturated carbocycles. The van der Waals surface area contributed by atoms with Gasteiger partial charge in [-0.2, -0.15) is 5.10 Å². The Bertz CT molecular complexity index is 665. The molecule has 0 aliphatic heterocycles. The van der Waals surface area contributed by atoms with Crippen LogP contribution in [-0.4, -0.2) is 28.1 Å². The Balaban J connectivity index is 1.72. The van der Waals surface area contributed by atoms with E-state index in [1.807, 2.05) is 30.3 Å². The van der Waals surface area contributed by atoms with Gasteiger partial charge in [0.2, 0.25) is 11.8 Å². The number of nitrogens with zero attached hydrogens (tertiary/aromatic N) is 2. The number of nitrogens with one attached hydrogen (secondary N) is 2. The molecule has 0 spiro atoms. The predicted molar refractivity (Wildman–Crippen MR) is 93.5 cm³/mol. The van der Waals surface area contributed by atoms with Crippen molar-refractivity contribution in [3.63, 3.8) is 0 Å². The minimum atomic E-state index is -0.138. The van der Waals surface area contributed by atoms with Crippen molar-refractivity contribution in [2.45, 2.75) is 33.2 Å². The quantitative estimate of drug-likeness (QED) is 0.780. The number of amides is 2. The molecule has 2 aromatic rings. The van der Waals surface area contributed by atoms with Crippen LogP contribution in [0.25, 0.3) is 0 Å². The summed E-state index contributed by atoms with van der Waals surface area (Å²) in [5.74, 6) is 0.904. The third-order valence-corrected chi connectivity index (χ3v) is 3.40. The van der Waals surface area contributed by atoms with Crippen molar-refractivity contribution in [1.82, 2.24) is 15.1 Å². The summed E-state index contributed by atoms with van der Waals surface area (Å²) < 4.78 is 1.77. The van der Waals surface area contributed by atoms with Gasteiger partial charge in [0.1, 0.15) is 5.82 Å². The first-order valence-corrected chi connectivity index (χ1v) is 8.17. The summed E-state index contributed by atoms with van der Waals surface area (Å²) in [6, 6.07) is 11.3. The van der Waals surface area contributed by atoms with E-state index in [4.69, 9.17) is 0 Å². The first-order chi connectivity index (χ1) is 11.5. The highest BCUT2D eigenvalue weighted by atomic mass is 16.2. The Morgan fingerprint density at radius 3 is 2.58 bits per heavy atom. The van der Waals surface area contributed by atoms with E-state index in [0.29, 0.717) is 24.7 Å². The lowest BCUT2D eigenvalue weighted by molar-refractivity contribution is -0.120. The number of carbonyl (C=O) groups is 2. The molecule has 128 valence electrons. The zero-order valence-corrected chi connectivity index (χ0v) is 14.2. The van der Waals surface area contributed by atoms with Gasteiger partial charge in [0.25, 0.3) is 0 Å². The van der Waals surface area contributed by atoms with Crippen LogP contribution in [0.15, 0.2) is 42.6 Å². The summed E-state index contributed by atoms with van der Waals surface area (Å²) in [5.41, 5.74) is 0.956. The van der Waals surface area contributed by atoms with Gasteiger partial charge in [-0.05, 0) is 11.5 Å². The monoisotopic (exact) mass is 328 g/mol. The zero-order valence-electron chi connectivity index (χ0n) is 14.2. The summed E-state index contributed by atoms with van der Waals surface area (Å²) in [7, 11) is 0. The van der Waals surface area contributed by atoms with Crippen LogP contribution in [0, 0.1) is 5.92 Å². The topological polar surface area (TPSA) is 76.0 Å². The van der Waals surface area contributed by atoms with Gasteiger partial charge in [-0.3, -0.25) is 9.59 Å². The fourth-order valence-corrected chi connectivity index (χ4v) is 2.29. The third-order valence-electron chi connectivity index (χ3n) is 3.40. The van der Waals surface area contributed by atoms with Gasteiger partial charge in [0.05, 0.1) is 12.6 Å². The van der Waals surface area contributed by atoms with Crippen LogP contribution in [0.1, 0.15) is 25.8 Å². The van der Waals surface area contributed by atoms with Crippen molar-refractivity contribution in [2.75, 3.05) is 11.9 Å². The molecule has 2 N–H and O–H groups in total. The first kappa shape index (κ1) is 17.7. The molecule has 1 aromatic carbocycles. The summed E-state index contributed by atoms with van der Waals surface area (Å²) >= 11 is 0. The van der Waals surface area contributed by atoms with Crippen LogP contribution in [0.5, 0.6) is 0 Å². The molecule has 0 fully saturated rings. The smallest absolute Gasteiger partial charge is 0.227 e. The summed E-state index contributed by atoms with van der Waals surface area (Å²) in [5, 5.41) is 9.79. The Hall–Kier alpha value is -2.63. The van der Waals surface area contributed by atoms with Gasteiger partial charge in [-0.25, -0.2) is 4.68 Å². The van der Waals surface area contributed by atoms with Crippen molar-refractivity contribution < 1.29 is 9.59 Å². The number of benzene rings is 1. The molecular formula is C18H24N4O2. The van der Waals surface area contributed by atoms with Gasteiger partial charge in [-0.15, -0.1) is 0 Å². The van der Waals surface area contributed by atoms with E-state index >= 15 is 0 Å². The second-order valence-corrected chi connectivity index (χ2v) is 6.10. The van der Waals surface area contributed by atoms with Crippen LogP contribution in [-0.2, 0) is 22.6 Å². The normalized spacial score (nSPS) is 10.6. The Labute approximate surface area is 142 Å². The van der Waals surface area contributed by atoms with Crippen LogP contribution >= 0.6 is 0 Å². The van der Waals surface area contributed by atoms with Crippen molar-refractivity contribution in [3.8, 4) is 0 Å². The molecule has 2 amide bonds. The van der Waals surface area contributed by atoms with Crippen LogP contribution < -0.4 is 10.6 Å². The van der Waals surface area contributed by atoms with Crippen molar-refractivity contribution in [3.05, 3.63) is 48.2 Å². The number of aromatic nitrogens is 2. The Morgan fingerprint density at radius 2 is 1.88 bits per heavy atom. The van der Waals surface area contributed by atoms with Gasteiger partial charge in [0, 0.05) is 25.6 Å². The standard InChI is InChI=1S/C18H24N4O2/c1-14(2)13-22-16(8-11-20-22)21-17(23)9-10-19-18(24)12-15-6-4-3-5-7-15/h3-8,11,14H,9-10,12-13H2,1-2H3,(H,19,24)(H,21,23). The maximum absolute atomic E-state index is 12.0. The molecule has 0 aliphatic carbocycles. The molecule has 2 rings (SSSR count). The molecule has 24 heavy (non-hydrogen) atoms. The summed E-state index contributed by atoms with van der Waals surface area (Å²) in [6.45, 7) is 5.25. The largest absolute Gasteiger partial charge is 0.355 e. The van der Waals surface area contributed by atoms with Crippen molar-refractivity contribution in [2.24, 2.45) is 5.92 Å². The number of anilines is 1. The van der Waals surface area contributed by atoms with E-state index in [1.165, 1.54) is 0 Å². The minimum absolute atomic E-state index is 0.0844. The van der Waals surface area contributed by atoms with E-state index in [9.17, 15) is 9.59 Å². The molecule has 1 heterocycles. The molecule has 1 aromatic heterocycles. The molecule has 0 saturated heterocycles. The second-order valence-electron chi connectivity index (χ2n) is 6.10. The Kier molecular flexibility index (Phi) is 6.54. The summed E-state index contributed by atoms with van der Waals surface area (Å²) in [4.78, 5) is 23.8. The highest BCUT2D eigenvalue weighted by Crippen LogP contribution is 2.09. The van der Waals surface area contributed by atoms with E-state index in [2.05, 4.69) is 29.6 Å². The average molecular weight is 328 g/mol. The molecule has 0 atom stereocenters. The van der Waals surface area contributed by atoms with Crippen molar-refractivity contribution >= 4 is 17.6 Å². The van der Waals surface area contributed by atoms with Crippen LogP contribution in [0.3, 0.4) is 0 Å². The molecule has 0 radical (unpaired) electrons. The molecular weight excluding hydrogens is 304 g/mol. The highest BCUT2D eigenvalue weighted by molar-refractivity contribution is 5.90. The molecule has 6 nitrogen and oxygen atoms in total. The van der Waals surface area contributed by atoms with E-state index in [-0.39, 0.29) is 18.2 Å². The number of hydrogen-bond acceptors (Lipinski definition) is 3. The first-order valence-electron chi connectivity index (χ1n) is 8.17. The second kappa shape index (κ2) is 8.86. The zero-order chi connectivity index (χ0) is 17.4. The van der Waals surface area contributed by atoms with E-state index < -0.39 is 0 Å². The lowest BCUT2D eigenvalue weighted by Gasteiger charge is -2.11. The van der Waals surface area contributed by atoms with Crippen molar-refractivity contribution in [1.29, 1.82) is 0 Å². The average Bonchev–Trinajstić information content (AvgIpc) is 2.94. The fourth-order valence-electron chi connectivity index (χ4n) is 2.29. The number of hydrogen-bond donors (Lipinski definition) is 2.